The van der Waals surface area contributed by atoms with Crippen molar-refractivity contribution in [1.29, 1.82) is 5.26 Å². The van der Waals surface area contributed by atoms with Gasteiger partial charge in [0.25, 0.3) is 0 Å². The third-order valence-corrected chi connectivity index (χ3v) is 9.31. The van der Waals surface area contributed by atoms with Gasteiger partial charge in [0.2, 0.25) is 0 Å². The summed E-state index contributed by atoms with van der Waals surface area (Å²) in [6.45, 7) is 9.55. The van der Waals surface area contributed by atoms with Crippen LogP contribution in [0.3, 0.4) is 0 Å². The first kappa shape index (κ1) is 27.5. The number of halogens is 3. The molecule has 0 aliphatic carbocycles. The Bertz CT molecular complexity index is 1640. The minimum absolute atomic E-state index is 0.186. The number of aromatic nitrogens is 3. The molecule has 1 aromatic carbocycles. The number of allylic oxidation sites excluding steroid dienone is 1. The first-order valence-corrected chi connectivity index (χ1v) is 14.7. The van der Waals surface area contributed by atoms with Crippen LogP contribution >= 0.6 is 11.3 Å². The fraction of sp³-hybridized carbons (Fsp3) is 0.433. The number of thiophene rings is 1. The zero-order valence-electron chi connectivity index (χ0n) is 22.9. The van der Waals surface area contributed by atoms with Crippen molar-refractivity contribution in [3.05, 3.63) is 64.6 Å². The minimum atomic E-state index is -4.25. The van der Waals surface area contributed by atoms with Crippen LogP contribution in [0.1, 0.15) is 47.4 Å². The van der Waals surface area contributed by atoms with Crippen molar-refractivity contribution < 1.29 is 13.2 Å². The van der Waals surface area contributed by atoms with Crippen LogP contribution in [0.4, 0.5) is 19.0 Å². The molecule has 3 aromatic heterocycles. The number of rotatable bonds is 7. The van der Waals surface area contributed by atoms with E-state index in [1.807, 2.05) is 6.07 Å². The molecule has 1 atom stereocenters. The molecule has 0 amide bonds. The third-order valence-electron chi connectivity index (χ3n) is 8.26. The van der Waals surface area contributed by atoms with Gasteiger partial charge >= 0.3 is 6.18 Å². The van der Waals surface area contributed by atoms with Crippen LogP contribution in [0.5, 0.6) is 0 Å². The second kappa shape index (κ2) is 11.0. The summed E-state index contributed by atoms with van der Waals surface area (Å²) in [7, 11) is 0. The second-order valence-corrected chi connectivity index (χ2v) is 12.3. The largest absolute Gasteiger partial charge is 0.393 e. The van der Waals surface area contributed by atoms with Crippen molar-refractivity contribution in [2.75, 3.05) is 18.4 Å². The predicted octanol–water partition coefficient (Wildman–Crippen LogP) is 6.27. The number of hydrogen-bond acceptors (Lipinski definition) is 7. The van der Waals surface area contributed by atoms with Crippen molar-refractivity contribution in [2.24, 2.45) is 0 Å². The fourth-order valence-corrected chi connectivity index (χ4v) is 7.12. The summed E-state index contributed by atoms with van der Waals surface area (Å²) in [6.07, 6.45) is 0.0254. The molecule has 0 spiro atoms. The number of benzene rings is 1. The highest BCUT2D eigenvalue weighted by molar-refractivity contribution is 7.18. The van der Waals surface area contributed by atoms with Gasteiger partial charge in [-0.1, -0.05) is 12.6 Å². The molecule has 1 unspecified atom stereocenters. The minimum Gasteiger partial charge on any atom is -0.384 e. The smallest absolute Gasteiger partial charge is 0.384 e. The lowest BCUT2D eigenvalue weighted by Crippen LogP contribution is -2.39. The van der Waals surface area contributed by atoms with Crippen LogP contribution < -0.4 is 10.6 Å². The van der Waals surface area contributed by atoms with Crippen molar-refractivity contribution in [1.82, 2.24) is 24.8 Å². The second-order valence-electron chi connectivity index (χ2n) is 11.2. The predicted molar refractivity (Wildman–Crippen MR) is 156 cm³/mol. The van der Waals surface area contributed by atoms with Crippen molar-refractivity contribution in [3.8, 4) is 6.07 Å². The molecule has 4 aromatic rings. The topological polar surface area (TPSA) is 81.8 Å². The van der Waals surface area contributed by atoms with Gasteiger partial charge in [-0.2, -0.15) is 18.4 Å². The maximum Gasteiger partial charge on any atom is 0.393 e. The molecule has 0 radical (unpaired) electrons. The number of nitrogens with zero attached hydrogens (tertiary/aromatic N) is 5. The number of anilines is 1. The van der Waals surface area contributed by atoms with E-state index >= 15 is 0 Å². The average Bonchev–Trinajstić information content (AvgIpc) is 3.63. The summed E-state index contributed by atoms with van der Waals surface area (Å²) in [4.78, 5) is 11.8. The van der Waals surface area contributed by atoms with Crippen LogP contribution in [0.2, 0.25) is 0 Å². The van der Waals surface area contributed by atoms with Gasteiger partial charge in [0.05, 0.1) is 11.8 Å². The number of likely N-dealkylation sites (tertiary alicyclic amines) is 1. The number of alkyl halides is 3. The molecule has 0 saturated carbocycles. The molecule has 2 aliphatic rings. The zero-order valence-corrected chi connectivity index (χ0v) is 23.7. The van der Waals surface area contributed by atoms with E-state index in [0.29, 0.717) is 27.8 Å². The van der Waals surface area contributed by atoms with E-state index in [-0.39, 0.29) is 10.9 Å². The molecule has 11 heteroatoms. The van der Waals surface area contributed by atoms with Crippen LogP contribution in [0, 0.1) is 18.3 Å². The molecule has 5 heterocycles. The Hall–Kier alpha value is -3.62. The Balaban J connectivity index is 1.11. The first-order valence-electron chi connectivity index (χ1n) is 13.9. The van der Waals surface area contributed by atoms with Crippen molar-refractivity contribution in [2.45, 2.75) is 70.4 Å². The Kier molecular flexibility index (Phi) is 7.38. The number of nitriles is 1. The highest BCUT2D eigenvalue weighted by atomic mass is 32.1. The molecular weight excluding hydrogens is 547 g/mol. The van der Waals surface area contributed by atoms with Crippen LogP contribution in [-0.2, 0) is 19.5 Å². The lowest BCUT2D eigenvalue weighted by molar-refractivity contribution is -0.126. The monoisotopic (exact) mass is 579 g/mol. The number of aryl methyl sites for hydroxylation is 1. The Morgan fingerprint density at radius 3 is 2.68 bits per heavy atom. The van der Waals surface area contributed by atoms with E-state index in [1.54, 1.807) is 6.07 Å². The van der Waals surface area contributed by atoms with Gasteiger partial charge in [0.15, 0.2) is 0 Å². The number of hydrogen-bond donors (Lipinski definition) is 2. The van der Waals surface area contributed by atoms with Crippen molar-refractivity contribution in [3.63, 3.8) is 0 Å². The summed E-state index contributed by atoms with van der Waals surface area (Å²) in [6, 6.07) is 10.8. The number of fused-ring (bicyclic) bond motifs is 2. The van der Waals surface area contributed by atoms with Crippen LogP contribution in [-0.4, -0.2) is 50.8 Å². The number of nitrogens with one attached hydrogen (secondary N) is 2. The van der Waals surface area contributed by atoms with E-state index in [0.717, 1.165) is 79.8 Å². The molecule has 2 saturated heterocycles. The SMILES string of the molecule is C=C1CCC(Cn2c(C#N)cc3c(C)c(CN4CCC(Nc5ncnc6sc(CC(F)(F)F)cc56)CC4)ccc32)N1. The van der Waals surface area contributed by atoms with E-state index in [9.17, 15) is 18.4 Å². The molecule has 2 N–H and O–H groups in total. The van der Waals surface area contributed by atoms with Crippen LogP contribution in [0.15, 0.2) is 42.9 Å². The Labute approximate surface area is 240 Å². The molecule has 2 aliphatic heterocycles. The van der Waals surface area contributed by atoms with E-state index in [4.69, 9.17) is 0 Å². The maximum absolute atomic E-state index is 12.9. The summed E-state index contributed by atoms with van der Waals surface area (Å²) in [5.41, 5.74) is 5.30. The summed E-state index contributed by atoms with van der Waals surface area (Å²) in [5, 5.41) is 18.5. The van der Waals surface area contributed by atoms with Crippen molar-refractivity contribution >= 4 is 38.3 Å². The Morgan fingerprint density at radius 1 is 1.17 bits per heavy atom. The summed E-state index contributed by atoms with van der Waals surface area (Å²) < 4.78 is 40.8. The third kappa shape index (κ3) is 5.90. The lowest BCUT2D eigenvalue weighted by atomic mass is 10.0. The molecule has 214 valence electrons. The Morgan fingerprint density at radius 2 is 1.98 bits per heavy atom. The van der Waals surface area contributed by atoms with Gasteiger partial charge in [0.1, 0.15) is 28.7 Å². The lowest BCUT2D eigenvalue weighted by Gasteiger charge is -2.33. The molecule has 7 nitrogen and oxygen atoms in total. The standard InChI is InChI=1S/C30H32F3N7S/c1-18-3-5-22(37-18)16-40-23(14-34)11-25-19(2)20(4-6-27(25)40)15-39-9-7-21(8-10-39)38-28-26-12-24(13-30(31,32)33)41-29(26)36-17-35-28/h4,6,11-12,17,21-22,37H,1,3,5,7-10,13,15-16H2,2H3,(H,35,36,38). The van der Waals surface area contributed by atoms with E-state index in [2.05, 4.69) is 61.8 Å². The average molecular weight is 580 g/mol. The fourth-order valence-electron chi connectivity index (χ4n) is 6.10. The first-order chi connectivity index (χ1) is 19.7. The van der Waals surface area contributed by atoms with Gasteiger partial charge in [-0.05, 0) is 61.9 Å². The zero-order chi connectivity index (χ0) is 28.7. The molecule has 0 bridgehead atoms. The quantitative estimate of drug-likeness (QED) is 0.269. The molecule has 2 fully saturated rings. The highest BCUT2D eigenvalue weighted by Crippen LogP contribution is 2.33. The van der Waals surface area contributed by atoms with E-state index in [1.165, 1.54) is 17.5 Å². The number of piperidine rings is 1. The summed E-state index contributed by atoms with van der Waals surface area (Å²) in [5.74, 6) is 0.606. The van der Waals surface area contributed by atoms with Gasteiger partial charge in [-0.25, -0.2) is 9.97 Å². The molecule has 6 rings (SSSR count). The normalized spacial score (nSPS) is 18.7. The highest BCUT2D eigenvalue weighted by Gasteiger charge is 2.29. The van der Waals surface area contributed by atoms with Gasteiger partial charge in [-0.3, -0.25) is 4.90 Å². The van der Waals surface area contributed by atoms with Gasteiger partial charge in [0, 0.05) is 59.7 Å². The van der Waals surface area contributed by atoms with Gasteiger partial charge in [-0.15, -0.1) is 11.3 Å². The van der Waals surface area contributed by atoms with Crippen LogP contribution in [0.25, 0.3) is 21.1 Å². The van der Waals surface area contributed by atoms with E-state index < -0.39 is 12.6 Å². The summed E-state index contributed by atoms with van der Waals surface area (Å²) >= 11 is 1.07. The maximum atomic E-state index is 12.9. The van der Waals surface area contributed by atoms with Gasteiger partial charge < -0.3 is 15.2 Å². The molecular formula is C30H32F3N7S. The molecule has 41 heavy (non-hydrogen) atoms.